The molecular weight excluding hydrogens is 569 g/mol. The Balaban J connectivity index is 0.000000854. The SMILES string of the molecule is C=C(Nc1ccn(C)n1)C(CC1CCC(C)(CCCC)C1)c1ccc2c(c1)N(C)c1ccc(CC)cc1S2(=C)=C.C=CCCC. The van der Waals surface area contributed by atoms with Crippen molar-refractivity contribution < 1.29 is 0 Å². The second-order valence-corrected chi connectivity index (χ2v) is 16.4. The van der Waals surface area contributed by atoms with E-state index in [0.29, 0.717) is 11.3 Å². The van der Waals surface area contributed by atoms with Crippen molar-refractivity contribution in [1.29, 1.82) is 0 Å². The molecule has 244 valence electrons. The van der Waals surface area contributed by atoms with Crippen LogP contribution in [-0.4, -0.2) is 28.6 Å². The van der Waals surface area contributed by atoms with Crippen LogP contribution in [0.15, 0.2) is 83.4 Å². The zero-order chi connectivity index (χ0) is 32.8. The van der Waals surface area contributed by atoms with Gasteiger partial charge in [-0.05, 0) is 91.7 Å². The van der Waals surface area contributed by atoms with Gasteiger partial charge in [0.05, 0.1) is 11.4 Å². The lowest BCUT2D eigenvalue weighted by molar-refractivity contribution is 0.280. The summed E-state index contributed by atoms with van der Waals surface area (Å²) >= 11 is 0. The molecule has 0 radical (unpaired) electrons. The first-order chi connectivity index (χ1) is 21.5. The first-order valence-corrected chi connectivity index (χ1v) is 19.0. The molecule has 1 saturated carbocycles. The number of nitrogens with one attached hydrogen (secondary N) is 1. The number of nitrogens with zero attached hydrogens (tertiary/aromatic N) is 3. The molecule has 2 aliphatic rings. The van der Waals surface area contributed by atoms with E-state index >= 15 is 0 Å². The second-order valence-electron chi connectivity index (χ2n) is 13.7. The van der Waals surface area contributed by atoms with Crippen molar-refractivity contribution in [3.63, 3.8) is 0 Å². The summed E-state index contributed by atoms with van der Waals surface area (Å²) in [5, 5.41) is 8.15. The summed E-state index contributed by atoms with van der Waals surface area (Å²) < 4.78 is 1.83. The molecule has 1 fully saturated rings. The number of unbranched alkanes of at least 4 members (excludes halogenated alkanes) is 2. The highest BCUT2D eigenvalue weighted by Crippen LogP contribution is 2.56. The van der Waals surface area contributed by atoms with Crippen LogP contribution in [0.5, 0.6) is 0 Å². The summed E-state index contributed by atoms with van der Waals surface area (Å²) in [6.45, 7) is 17.3. The van der Waals surface area contributed by atoms with Crippen molar-refractivity contribution in [2.75, 3.05) is 17.3 Å². The van der Waals surface area contributed by atoms with Crippen molar-refractivity contribution >= 4 is 38.1 Å². The normalized spacial score (nSPS) is 20.4. The van der Waals surface area contributed by atoms with Gasteiger partial charge < -0.3 is 10.2 Å². The van der Waals surface area contributed by atoms with Crippen LogP contribution in [0.25, 0.3) is 0 Å². The maximum absolute atomic E-state index is 4.72. The van der Waals surface area contributed by atoms with Crippen LogP contribution in [0.3, 0.4) is 0 Å². The van der Waals surface area contributed by atoms with E-state index in [1.54, 1.807) is 0 Å². The highest BCUT2D eigenvalue weighted by Gasteiger charge is 2.36. The molecule has 45 heavy (non-hydrogen) atoms. The number of hydrogen-bond donors (Lipinski definition) is 1. The van der Waals surface area contributed by atoms with Crippen molar-refractivity contribution in [2.24, 2.45) is 18.4 Å². The van der Waals surface area contributed by atoms with E-state index in [4.69, 9.17) is 11.7 Å². The standard InChI is InChI=1S/C35H48N4S.C5H10/c1-9-11-18-35(4)19-16-27(24-35)21-29(25(3)36-34-17-20-38(5)37-34)28-13-15-32-31(23-28)39(6)30-14-12-26(10-2)22-33(30)40(32,7)8;1-3-5-4-2/h12-15,17,20,22-23,27,29H,3,7-11,16,18-19,21,24H2,1-2,4-6H3,(H,36,37);3H,1,4-5H2,2H3. The maximum atomic E-state index is 4.72. The minimum Gasteiger partial charge on any atom is -0.343 e. The van der Waals surface area contributed by atoms with Crippen LogP contribution in [0, 0.1) is 11.3 Å². The van der Waals surface area contributed by atoms with Crippen LogP contribution in [-0.2, 0) is 13.5 Å². The lowest BCUT2D eigenvalue weighted by Crippen LogP contribution is -2.19. The third-order valence-corrected chi connectivity index (χ3v) is 12.3. The third kappa shape index (κ3) is 7.98. The molecule has 2 aromatic carbocycles. The summed E-state index contributed by atoms with van der Waals surface area (Å²) in [6.07, 6.45) is 16.3. The van der Waals surface area contributed by atoms with Crippen LogP contribution >= 0.6 is 9.21 Å². The fourth-order valence-corrected chi connectivity index (χ4v) is 9.34. The molecule has 1 aliphatic carbocycles. The number of benzene rings is 2. The van der Waals surface area contributed by atoms with Crippen molar-refractivity contribution in [3.8, 4) is 0 Å². The number of rotatable bonds is 12. The fraction of sp³-hybridized carbons (Fsp3) is 0.475. The number of hydrogen-bond acceptors (Lipinski definition) is 3. The molecule has 3 unspecified atom stereocenters. The average molecular weight is 627 g/mol. The molecular formula is C40H58N4S. The lowest BCUT2D eigenvalue weighted by Gasteiger charge is -2.36. The Morgan fingerprint density at radius 1 is 1.07 bits per heavy atom. The third-order valence-electron chi connectivity index (χ3n) is 9.94. The predicted molar refractivity (Wildman–Crippen MR) is 202 cm³/mol. The molecule has 1 aliphatic heterocycles. The van der Waals surface area contributed by atoms with Gasteiger partial charge in [0.2, 0.25) is 0 Å². The topological polar surface area (TPSA) is 33.1 Å². The summed E-state index contributed by atoms with van der Waals surface area (Å²) in [5.74, 6) is 11.2. The van der Waals surface area contributed by atoms with Crippen LogP contribution < -0.4 is 10.2 Å². The molecule has 3 aromatic rings. The van der Waals surface area contributed by atoms with Gasteiger partial charge >= 0.3 is 0 Å². The smallest absolute Gasteiger partial charge is 0.152 e. The molecule has 5 rings (SSSR count). The summed E-state index contributed by atoms with van der Waals surface area (Å²) in [7, 11) is 2.53. The van der Waals surface area contributed by atoms with E-state index < -0.39 is 9.21 Å². The number of fused-ring (bicyclic) bond motifs is 2. The van der Waals surface area contributed by atoms with E-state index in [9.17, 15) is 0 Å². The Kier molecular flexibility index (Phi) is 11.5. The van der Waals surface area contributed by atoms with E-state index in [-0.39, 0.29) is 5.92 Å². The van der Waals surface area contributed by atoms with Crippen molar-refractivity contribution in [1.82, 2.24) is 9.78 Å². The Labute approximate surface area is 275 Å². The monoisotopic (exact) mass is 626 g/mol. The van der Waals surface area contributed by atoms with Crippen LogP contribution in [0.2, 0.25) is 0 Å². The Bertz CT molecular complexity index is 1580. The van der Waals surface area contributed by atoms with Gasteiger partial charge in [0.1, 0.15) is 0 Å². The van der Waals surface area contributed by atoms with E-state index in [1.807, 2.05) is 30.1 Å². The van der Waals surface area contributed by atoms with Gasteiger partial charge in [0.15, 0.2) is 5.82 Å². The van der Waals surface area contributed by atoms with Gasteiger partial charge in [-0.2, -0.15) is 14.3 Å². The summed E-state index contributed by atoms with van der Waals surface area (Å²) in [6, 6.07) is 15.9. The van der Waals surface area contributed by atoms with Crippen LogP contribution in [0.4, 0.5) is 17.2 Å². The Hall–Kier alpha value is -3.18. The molecule has 0 amide bonds. The zero-order valence-corrected chi connectivity index (χ0v) is 29.8. The zero-order valence-electron chi connectivity index (χ0n) is 29.0. The van der Waals surface area contributed by atoms with Gasteiger partial charge in [0, 0.05) is 47.8 Å². The number of anilines is 3. The van der Waals surface area contributed by atoms with E-state index in [0.717, 1.165) is 30.8 Å². The maximum Gasteiger partial charge on any atom is 0.152 e. The predicted octanol–water partition coefficient (Wildman–Crippen LogP) is 11.2. The number of aromatic nitrogens is 2. The van der Waals surface area contributed by atoms with Gasteiger partial charge in [-0.3, -0.25) is 4.68 Å². The quantitative estimate of drug-likeness (QED) is 0.160. The number of aryl methyl sites for hydroxylation is 2. The molecule has 1 aromatic heterocycles. The van der Waals surface area contributed by atoms with Gasteiger partial charge in [-0.25, -0.2) is 0 Å². The van der Waals surface area contributed by atoms with E-state index in [2.05, 4.69) is 99.6 Å². The highest BCUT2D eigenvalue weighted by atomic mass is 32.2. The molecule has 0 spiro atoms. The fourth-order valence-electron chi connectivity index (χ4n) is 7.20. The minimum atomic E-state index is -1.61. The lowest BCUT2D eigenvalue weighted by atomic mass is 9.80. The molecule has 0 saturated heterocycles. The average Bonchev–Trinajstić information content (AvgIpc) is 3.62. The molecule has 0 bridgehead atoms. The van der Waals surface area contributed by atoms with Gasteiger partial charge in [0.25, 0.3) is 0 Å². The van der Waals surface area contributed by atoms with E-state index in [1.165, 1.54) is 77.2 Å². The minimum absolute atomic E-state index is 0.196. The summed E-state index contributed by atoms with van der Waals surface area (Å²) in [4.78, 5) is 4.89. The van der Waals surface area contributed by atoms with Gasteiger partial charge in [-0.15, -0.1) is 6.58 Å². The molecule has 2 heterocycles. The Morgan fingerprint density at radius 3 is 2.47 bits per heavy atom. The molecule has 4 nitrogen and oxygen atoms in total. The molecule has 5 heteroatoms. The largest absolute Gasteiger partial charge is 0.343 e. The Morgan fingerprint density at radius 2 is 1.84 bits per heavy atom. The van der Waals surface area contributed by atoms with Crippen LogP contribution in [0.1, 0.15) is 103 Å². The van der Waals surface area contributed by atoms with Gasteiger partial charge in [-0.1, -0.05) is 83.5 Å². The first-order valence-electron chi connectivity index (χ1n) is 17.0. The van der Waals surface area contributed by atoms with Crippen molar-refractivity contribution in [2.45, 2.75) is 108 Å². The number of allylic oxidation sites excluding steroid dienone is 2. The highest BCUT2D eigenvalue weighted by molar-refractivity contribution is 8.28. The van der Waals surface area contributed by atoms with Crippen molar-refractivity contribution in [3.05, 3.63) is 84.7 Å². The molecule has 1 N–H and O–H groups in total. The first kappa shape index (κ1) is 34.7. The summed E-state index contributed by atoms with van der Waals surface area (Å²) in [5.41, 5.74) is 6.61. The molecule has 3 atom stereocenters. The second kappa shape index (κ2) is 14.9.